The fourth-order valence-electron chi connectivity index (χ4n) is 3.94. The molecule has 6 rings (SSSR count). The molecule has 0 N–H and O–H groups in total. The minimum atomic E-state index is 0.934. The van der Waals surface area contributed by atoms with Gasteiger partial charge in [0.1, 0.15) is 5.82 Å². The maximum atomic E-state index is 4.70. The summed E-state index contributed by atoms with van der Waals surface area (Å²) >= 11 is 1.84. The summed E-state index contributed by atoms with van der Waals surface area (Å²) in [6, 6.07) is 21.5. The Labute approximate surface area is 159 Å². The largest absolute Gasteiger partial charge is 0.292 e. The Morgan fingerprint density at radius 2 is 1.67 bits per heavy atom. The Bertz CT molecular complexity index is 1490. The lowest BCUT2D eigenvalue weighted by molar-refractivity contribution is 1.07. The molecule has 0 atom stereocenters. The van der Waals surface area contributed by atoms with Crippen molar-refractivity contribution in [1.82, 2.24) is 14.5 Å². The number of thiophene rings is 1. The van der Waals surface area contributed by atoms with Crippen molar-refractivity contribution < 1.29 is 0 Å². The van der Waals surface area contributed by atoms with E-state index in [9.17, 15) is 0 Å². The van der Waals surface area contributed by atoms with Gasteiger partial charge in [-0.3, -0.25) is 9.55 Å². The smallest absolute Gasteiger partial charge is 0.137 e. The Balaban J connectivity index is 1.83. The molecule has 0 spiro atoms. The Morgan fingerprint density at radius 3 is 2.59 bits per heavy atom. The van der Waals surface area contributed by atoms with Crippen LogP contribution in [0.3, 0.4) is 0 Å². The summed E-state index contributed by atoms with van der Waals surface area (Å²) in [6.45, 7) is 2.10. The normalized spacial score (nSPS) is 11.9. The van der Waals surface area contributed by atoms with Crippen LogP contribution in [0.1, 0.15) is 5.56 Å². The number of nitrogens with zero attached hydrogens (tertiary/aromatic N) is 3. The van der Waals surface area contributed by atoms with E-state index in [1.54, 1.807) is 0 Å². The van der Waals surface area contributed by atoms with Gasteiger partial charge in [-0.2, -0.15) is 0 Å². The third kappa shape index (κ3) is 2.07. The molecule has 0 saturated heterocycles. The van der Waals surface area contributed by atoms with Gasteiger partial charge in [0.2, 0.25) is 0 Å². The molecule has 3 nitrogen and oxygen atoms in total. The summed E-state index contributed by atoms with van der Waals surface area (Å²) in [5, 5.41) is 3.78. The molecule has 0 radical (unpaired) electrons. The quantitative estimate of drug-likeness (QED) is 0.345. The third-order valence-electron chi connectivity index (χ3n) is 5.15. The molecule has 0 unspecified atom stereocenters. The molecule has 0 aliphatic rings. The van der Waals surface area contributed by atoms with E-state index in [0.717, 1.165) is 22.4 Å². The number of fused-ring (bicyclic) bond motifs is 6. The minimum Gasteiger partial charge on any atom is -0.292 e. The van der Waals surface area contributed by atoms with Crippen LogP contribution in [0.4, 0.5) is 0 Å². The maximum absolute atomic E-state index is 4.70. The first-order valence-electron chi connectivity index (χ1n) is 8.93. The molecule has 0 saturated carbocycles. The SMILES string of the molecule is Cc1ccnc(-n2c3cc4sc5ccccc5c4cc3c3ncccc32)c1. The van der Waals surface area contributed by atoms with Crippen LogP contribution in [0.2, 0.25) is 0 Å². The predicted molar refractivity (Wildman–Crippen MR) is 114 cm³/mol. The number of aryl methyl sites for hydroxylation is 1. The molecular formula is C23H15N3S. The monoisotopic (exact) mass is 365 g/mol. The van der Waals surface area contributed by atoms with E-state index in [1.165, 1.54) is 31.1 Å². The molecule has 128 valence electrons. The third-order valence-corrected chi connectivity index (χ3v) is 6.28. The van der Waals surface area contributed by atoms with E-state index >= 15 is 0 Å². The average molecular weight is 365 g/mol. The topological polar surface area (TPSA) is 30.7 Å². The van der Waals surface area contributed by atoms with Gasteiger partial charge in [0.05, 0.1) is 16.6 Å². The average Bonchev–Trinajstić information content (AvgIpc) is 3.21. The molecule has 0 bridgehead atoms. The van der Waals surface area contributed by atoms with E-state index in [0.29, 0.717) is 0 Å². The zero-order chi connectivity index (χ0) is 18.0. The summed E-state index contributed by atoms with van der Waals surface area (Å²) in [6.07, 6.45) is 3.74. The van der Waals surface area contributed by atoms with Gasteiger partial charge in [-0.15, -0.1) is 11.3 Å². The Hall–Kier alpha value is -3.24. The van der Waals surface area contributed by atoms with E-state index in [-0.39, 0.29) is 0 Å². The van der Waals surface area contributed by atoms with E-state index < -0.39 is 0 Å². The van der Waals surface area contributed by atoms with Gasteiger partial charge in [0.15, 0.2) is 0 Å². The van der Waals surface area contributed by atoms with Crippen LogP contribution in [0.25, 0.3) is 47.9 Å². The first-order chi connectivity index (χ1) is 13.3. The number of hydrogen-bond acceptors (Lipinski definition) is 3. The predicted octanol–water partition coefficient (Wildman–Crippen LogP) is 6.25. The van der Waals surface area contributed by atoms with Crippen molar-refractivity contribution in [2.45, 2.75) is 6.92 Å². The molecule has 4 heterocycles. The highest BCUT2D eigenvalue weighted by Gasteiger charge is 2.16. The molecule has 6 aromatic rings. The van der Waals surface area contributed by atoms with Crippen molar-refractivity contribution in [3.05, 3.63) is 78.6 Å². The number of rotatable bonds is 1. The summed E-state index contributed by atoms with van der Waals surface area (Å²) in [5.41, 5.74) is 4.46. The highest BCUT2D eigenvalue weighted by atomic mass is 32.1. The summed E-state index contributed by atoms with van der Waals surface area (Å²) < 4.78 is 4.84. The summed E-state index contributed by atoms with van der Waals surface area (Å²) in [7, 11) is 0. The second-order valence-corrected chi connectivity index (χ2v) is 7.95. The van der Waals surface area contributed by atoms with Crippen LogP contribution in [0.5, 0.6) is 0 Å². The van der Waals surface area contributed by atoms with Gasteiger partial charge in [-0.05, 0) is 55.0 Å². The fourth-order valence-corrected chi connectivity index (χ4v) is 5.06. The van der Waals surface area contributed by atoms with Crippen molar-refractivity contribution >= 4 is 53.4 Å². The number of pyridine rings is 2. The second kappa shape index (κ2) is 5.38. The first kappa shape index (κ1) is 14.9. The fraction of sp³-hybridized carbons (Fsp3) is 0.0435. The van der Waals surface area contributed by atoms with Crippen LogP contribution in [-0.2, 0) is 0 Å². The van der Waals surface area contributed by atoms with Crippen molar-refractivity contribution in [1.29, 1.82) is 0 Å². The van der Waals surface area contributed by atoms with Crippen molar-refractivity contribution in [2.24, 2.45) is 0 Å². The molecule has 2 aromatic carbocycles. The minimum absolute atomic E-state index is 0.934. The second-order valence-electron chi connectivity index (χ2n) is 6.86. The molecule has 4 aromatic heterocycles. The van der Waals surface area contributed by atoms with Crippen LogP contribution in [0, 0.1) is 6.92 Å². The molecule has 0 aliphatic heterocycles. The standard InChI is InChI=1S/C23H15N3S/c1-14-8-10-24-22(11-14)26-18-6-4-9-25-23(18)17-12-16-15-5-2-3-7-20(15)27-21(16)13-19(17)26/h2-13H,1H3. The molecule has 0 fully saturated rings. The van der Waals surface area contributed by atoms with Gasteiger partial charge in [-0.1, -0.05) is 18.2 Å². The zero-order valence-electron chi connectivity index (χ0n) is 14.7. The zero-order valence-corrected chi connectivity index (χ0v) is 15.5. The van der Waals surface area contributed by atoms with Gasteiger partial charge in [0, 0.05) is 38.0 Å². The Morgan fingerprint density at radius 1 is 0.741 bits per heavy atom. The molecule has 27 heavy (non-hydrogen) atoms. The van der Waals surface area contributed by atoms with Crippen molar-refractivity contribution in [3.8, 4) is 5.82 Å². The van der Waals surface area contributed by atoms with E-state index in [1.807, 2.05) is 35.9 Å². The van der Waals surface area contributed by atoms with Gasteiger partial charge in [0.25, 0.3) is 0 Å². The van der Waals surface area contributed by atoms with Crippen molar-refractivity contribution in [3.63, 3.8) is 0 Å². The number of benzene rings is 2. The maximum Gasteiger partial charge on any atom is 0.137 e. The lowest BCUT2D eigenvalue weighted by atomic mass is 10.1. The van der Waals surface area contributed by atoms with Crippen LogP contribution in [-0.4, -0.2) is 14.5 Å². The summed E-state index contributed by atoms with van der Waals surface area (Å²) in [5.74, 6) is 0.934. The highest BCUT2D eigenvalue weighted by Crippen LogP contribution is 2.39. The first-order valence-corrected chi connectivity index (χ1v) is 9.75. The van der Waals surface area contributed by atoms with Crippen LogP contribution in [0.15, 0.2) is 73.1 Å². The lowest BCUT2D eigenvalue weighted by Crippen LogP contribution is -1.97. The van der Waals surface area contributed by atoms with Crippen LogP contribution < -0.4 is 0 Å². The van der Waals surface area contributed by atoms with Crippen molar-refractivity contribution in [2.75, 3.05) is 0 Å². The van der Waals surface area contributed by atoms with Gasteiger partial charge < -0.3 is 0 Å². The van der Waals surface area contributed by atoms with Gasteiger partial charge in [-0.25, -0.2) is 4.98 Å². The molecule has 0 aliphatic carbocycles. The number of aromatic nitrogens is 3. The molecule has 4 heteroatoms. The van der Waals surface area contributed by atoms with Crippen LogP contribution >= 0.6 is 11.3 Å². The lowest BCUT2D eigenvalue weighted by Gasteiger charge is -2.07. The van der Waals surface area contributed by atoms with E-state index in [4.69, 9.17) is 4.98 Å². The molecular weight excluding hydrogens is 350 g/mol. The Kier molecular flexibility index (Phi) is 2.96. The summed E-state index contributed by atoms with van der Waals surface area (Å²) in [4.78, 5) is 9.35. The number of hydrogen-bond donors (Lipinski definition) is 0. The molecule has 0 amide bonds. The van der Waals surface area contributed by atoms with E-state index in [2.05, 4.69) is 65.0 Å². The highest BCUT2D eigenvalue weighted by molar-refractivity contribution is 7.25. The van der Waals surface area contributed by atoms with Gasteiger partial charge >= 0.3 is 0 Å².